The molecule has 1 aromatic carbocycles. The monoisotopic (exact) mass is 295 g/mol. The third-order valence-corrected chi connectivity index (χ3v) is 4.81. The summed E-state index contributed by atoms with van der Waals surface area (Å²) in [5.74, 6) is 5.76. The molecule has 2 N–H and O–H groups in total. The van der Waals surface area contributed by atoms with Gasteiger partial charge in [0.2, 0.25) is 10.0 Å². The molecular formula is C15H21NO3S. The molecule has 0 unspecified atom stereocenters. The van der Waals surface area contributed by atoms with E-state index in [2.05, 4.69) is 16.6 Å². The zero-order valence-electron chi connectivity index (χ0n) is 12.1. The van der Waals surface area contributed by atoms with Crippen LogP contribution in [0.3, 0.4) is 0 Å². The van der Waals surface area contributed by atoms with Crippen LogP contribution < -0.4 is 4.72 Å². The molecule has 0 heterocycles. The Balaban J connectivity index is 2.76. The molecule has 0 atom stereocenters. The quantitative estimate of drug-likeness (QED) is 0.830. The van der Waals surface area contributed by atoms with E-state index in [4.69, 9.17) is 5.11 Å². The number of hydrogen-bond donors (Lipinski definition) is 2. The highest BCUT2D eigenvalue weighted by molar-refractivity contribution is 7.90. The first-order chi connectivity index (χ1) is 9.26. The fourth-order valence-corrected chi connectivity index (χ4v) is 2.16. The molecule has 0 aliphatic rings. The van der Waals surface area contributed by atoms with Gasteiger partial charge >= 0.3 is 0 Å². The molecular weight excluding hydrogens is 274 g/mol. The fourth-order valence-electron chi connectivity index (χ4n) is 1.37. The first-order valence-electron chi connectivity index (χ1n) is 6.44. The highest BCUT2D eigenvalue weighted by atomic mass is 32.2. The van der Waals surface area contributed by atoms with Gasteiger partial charge in [-0.2, -0.15) is 0 Å². The second kappa shape index (κ2) is 6.89. The second-order valence-corrected chi connectivity index (χ2v) is 7.93. The summed E-state index contributed by atoms with van der Waals surface area (Å²) in [6.45, 7) is 5.26. The first kappa shape index (κ1) is 16.7. The molecule has 0 saturated heterocycles. The van der Waals surface area contributed by atoms with Crippen LogP contribution in [0.15, 0.2) is 24.3 Å². The summed E-state index contributed by atoms with van der Waals surface area (Å²) in [7, 11) is -3.35. The standard InChI is InChI=1S/C15H21NO3S/c1-15(2,3)20(18,19)16-12-14-9-6-8-13(11-14)7-4-5-10-17/h6,8-9,11,16-17H,5,10,12H2,1-3H3. The van der Waals surface area contributed by atoms with Crippen LogP contribution in [0.25, 0.3) is 0 Å². The smallest absolute Gasteiger partial charge is 0.216 e. The van der Waals surface area contributed by atoms with Gasteiger partial charge in [0.25, 0.3) is 0 Å². The van der Waals surface area contributed by atoms with Crippen LogP contribution >= 0.6 is 0 Å². The molecule has 0 fully saturated rings. The van der Waals surface area contributed by atoms with Crippen molar-refractivity contribution < 1.29 is 13.5 Å². The van der Waals surface area contributed by atoms with E-state index in [-0.39, 0.29) is 13.2 Å². The number of aliphatic hydroxyl groups excluding tert-OH is 1. The second-order valence-electron chi connectivity index (χ2n) is 5.41. The highest BCUT2D eigenvalue weighted by Crippen LogP contribution is 2.14. The van der Waals surface area contributed by atoms with Gasteiger partial charge in [0, 0.05) is 18.5 Å². The number of rotatable bonds is 4. The number of benzene rings is 1. The zero-order valence-corrected chi connectivity index (χ0v) is 12.9. The average molecular weight is 295 g/mol. The summed E-state index contributed by atoms with van der Waals surface area (Å²) in [6.07, 6.45) is 0.431. The molecule has 0 saturated carbocycles. The molecule has 1 rings (SSSR count). The van der Waals surface area contributed by atoms with E-state index in [1.165, 1.54) is 0 Å². The molecule has 0 aliphatic heterocycles. The Labute approximate surface area is 121 Å². The fraction of sp³-hybridized carbons (Fsp3) is 0.467. The highest BCUT2D eigenvalue weighted by Gasteiger charge is 2.28. The van der Waals surface area contributed by atoms with Crippen LogP contribution in [-0.2, 0) is 16.6 Å². The van der Waals surface area contributed by atoms with Crippen molar-refractivity contribution in [3.63, 3.8) is 0 Å². The van der Waals surface area contributed by atoms with Gasteiger partial charge in [-0.05, 0) is 38.5 Å². The molecule has 0 amide bonds. The Morgan fingerprint density at radius 2 is 2.00 bits per heavy atom. The van der Waals surface area contributed by atoms with Crippen molar-refractivity contribution >= 4 is 10.0 Å². The Bertz CT molecular complexity index is 604. The summed E-state index contributed by atoms with van der Waals surface area (Å²) < 4.78 is 25.7. The Kier molecular flexibility index (Phi) is 5.75. The van der Waals surface area contributed by atoms with Crippen LogP contribution in [0.2, 0.25) is 0 Å². The average Bonchev–Trinajstić information content (AvgIpc) is 2.36. The van der Waals surface area contributed by atoms with Crippen LogP contribution in [0, 0.1) is 11.8 Å². The van der Waals surface area contributed by atoms with Crippen molar-refractivity contribution in [2.24, 2.45) is 0 Å². The van der Waals surface area contributed by atoms with E-state index in [1.54, 1.807) is 20.8 Å². The van der Waals surface area contributed by atoms with Gasteiger partial charge in [0.05, 0.1) is 11.4 Å². The van der Waals surface area contributed by atoms with Gasteiger partial charge < -0.3 is 5.11 Å². The number of nitrogens with one attached hydrogen (secondary N) is 1. The third-order valence-electron chi connectivity index (χ3n) is 2.67. The van der Waals surface area contributed by atoms with Crippen molar-refractivity contribution in [3.05, 3.63) is 35.4 Å². The molecule has 110 valence electrons. The van der Waals surface area contributed by atoms with Crippen LogP contribution in [0.5, 0.6) is 0 Å². The largest absolute Gasteiger partial charge is 0.395 e. The lowest BCUT2D eigenvalue weighted by Gasteiger charge is -2.19. The normalized spacial score (nSPS) is 11.8. The molecule has 0 spiro atoms. The van der Waals surface area contributed by atoms with Gasteiger partial charge in [-0.15, -0.1) is 0 Å². The summed E-state index contributed by atoms with van der Waals surface area (Å²) in [5, 5.41) is 8.67. The molecule has 5 heteroatoms. The van der Waals surface area contributed by atoms with Gasteiger partial charge in [0.15, 0.2) is 0 Å². The van der Waals surface area contributed by atoms with E-state index in [1.807, 2.05) is 24.3 Å². The predicted molar refractivity (Wildman–Crippen MR) is 80.5 cm³/mol. The van der Waals surface area contributed by atoms with Crippen LogP contribution in [-0.4, -0.2) is 24.9 Å². The lowest BCUT2D eigenvalue weighted by atomic mass is 10.1. The Morgan fingerprint density at radius 3 is 2.60 bits per heavy atom. The van der Waals surface area contributed by atoms with E-state index in [0.717, 1.165) is 11.1 Å². The van der Waals surface area contributed by atoms with Crippen molar-refractivity contribution in [2.75, 3.05) is 6.61 Å². The maximum Gasteiger partial charge on any atom is 0.216 e. The third kappa shape index (κ3) is 4.97. The minimum Gasteiger partial charge on any atom is -0.395 e. The summed E-state index contributed by atoms with van der Waals surface area (Å²) in [4.78, 5) is 0. The predicted octanol–water partition coefficient (Wildman–Crippen LogP) is 1.64. The number of sulfonamides is 1. The molecule has 0 aliphatic carbocycles. The van der Waals surface area contributed by atoms with E-state index in [0.29, 0.717) is 6.42 Å². The maximum atomic E-state index is 12.0. The minimum atomic E-state index is -3.35. The topological polar surface area (TPSA) is 66.4 Å². The van der Waals surface area contributed by atoms with E-state index in [9.17, 15) is 8.42 Å². The van der Waals surface area contributed by atoms with Crippen molar-refractivity contribution in [1.82, 2.24) is 4.72 Å². The van der Waals surface area contributed by atoms with Gasteiger partial charge in [-0.25, -0.2) is 13.1 Å². The van der Waals surface area contributed by atoms with Gasteiger partial charge in [-0.3, -0.25) is 0 Å². The van der Waals surface area contributed by atoms with Crippen LogP contribution in [0.4, 0.5) is 0 Å². The molecule has 20 heavy (non-hydrogen) atoms. The molecule has 0 radical (unpaired) electrons. The van der Waals surface area contributed by atoms with Gasteiger partial charge in [0.1, 0.15) is 0 Å². The number of aliphatic hydroxyl groups is 1. The maximum absolute atomic E-state index is 12.0. The number of hydrogen-bond acceptors (Lipinski definition) is 3. The summed E-state index contributed by atoms with van der Waals surface area (Å²) in [5.41, 5.74) is 1.67. The van der Waals surface area contributed by atoms with Gasteiger partial charge in [-0.1, -0.05) is 24.0 Å². The molecule has 0 aromatic heterocycles. The lowest BCUT2D eigenvalue weighted by molar-refractivity contribution is 0.305. The zero-order chi connectivity index (χ0) is 15.2. The minimum absolute atomic E-state index is 0.0398. The van der Waals surface area contributed by atoms with Crippen molar-refractivity contribution in [2.45, 2.75) is 38.5 Å². The SMILES string of the molecule is CC(C)(C)S(=O)(=O)NCc1cccc(C#CCCO)c1. The summed E-state index contributed by atoms with van der Waals surface area (Å²) in [6, 6.07) is 7.38. The summed E-state index contributed by atoms with van der Waals surface area (Å²) >= 11 is 0. The van der Waals surface area contributed by atoms with E-state index >= 15 is 0 Å². The first-order valence-corrected chi connectivity index (χ1v) is 7.92. The Morgan fingerprint density at radius 1 is 1.30 bits per heavy atom. The molecule has 4 nitrogen and oxygen atoms in total. The van der Waals surface area contributed by atoms with Crippen molar-refractivity contribution in [3.8, 4) is 11.8 Å². The molecule has 1 aromatic rings. The Hall–Kier alpha value is -1.35. The lowest BCUT2D eigenvalue weighted by Crippen LogP contribution is -2.38. The van der Waals surface area contributed by atoms with E-state index < -0.39 is 14.8 Å². The van der Waals surface area contributed by atoms with Crippen LogP contribution in [0.1, 0.15) is 38.3 Å². The molecule has 0 bridgehead atoms. The van der Waals surface area contributed by atoms with Crippen molar-refractivity contribution in [1.29, 1.82) is 0 Å².